The maximum absolute atomic E-state index is 4.42. The van der Waals surface area contributed by atoms with Crippen LogP contribution >= 0.6 is 0 Å². The summed E-state index contributed by atoms with van der Waals surface area (Å²) in [5.41, 5.74) is 7.85. The SMILES string of the molecule is C=C(C)c1ccc(-c2ccc(C3CCC(CC(=C)N4CCCCC4)CC3)cc2)cc1. The molecule has 158 valence electrons. The maximum atomic E-state index is 4.42. The molecule has 1 saturated carbocycles. The van der Waals surface area contributed by atoms with Gasteiger partial charge in [0.15, 0.2) is 0 Å². The smallest absolute Gasteiger partial charge is 0.0174 e. The fourth-order valence-corrected chi connectivity index (χ4v) is 5.27. The van der Waals surface area contributed by atoms with Crippen molar-refractivity contribution in [2.45, 2.75) is 64.2 Å². The predicted molar refractivity (Wildman–Crippen MR) is 130 cm³/mol. The minimum Gasteiger partial charge on any atom is -0.375 e. The molecule has 0 aromatic heterocycles. The highest BCUT2D eigenvalue weighted by Crippen LogP contribution is 2.39. The standard InChI is InChI=1S/C29H37N/c1-22(2)25-11-13-27(14-12-25)29-17-15-28(16-18-29)26-9-7-24(8-10-26)21-23(3)30-19-5-4-6-20-30/h11-18,24,26H,1,3-10,19-21H2,2H3. The predicted octanol–water partition coefficient (Wildman–Crippen LogP) is 8.05. The topological polar surface area (TPSA) is 3.24 Å². The molecule has 2 aliphatic rings. The van der Waals surface area contributed by atoms with Gasteiger partial charge in [0.05, 0.1) is 0 Å². The van der Waals surface area contributed by atoms with Crippen molar-refractivity contribution in [1.82, 2.24) is 4.90 Å². The first-order valence-electron chi connectivity index (χ1n) is 11.9. The van der Waals surface area contributed by atoms with Crippen LogP contribution in [-0.2, 0) is 0 Å². The third-order valence-corrected chi connectivity index (χ3v) is 7.27. The molecule has 4 rings (SSSR count). The normalized spacial score (nSPS) is 22.0. The summed E-state index contributed by atoms with van der Waals surface area (Å²) in [4.78, 5) is 2.55. The van der Waals surface area contributed by atoms with Gasteiger partial charge >= 0.3 is 0 Å². The Morgan fingerprint density at radius 2 is 1.37 bits per heavy atom. The van der Waals surface area contributed by atoms with Crippen molar-refractivity contribution in [2.24, 2.45) is 5.92 Å². The van der Waals surface area contributed by atoms with E-state index in [1.807, 2.05) is 0 Å². The van der Waals surface area contributed by atoms with Crippen LogP contribution in [0.15, 0.2) is 67.4 Å². The summed E-state index contributed by atoms with van der Waals surface area (Å²) in [5, 5.41) is 0. The second-order valence-electron chi connectivity index (χ2n) is 9.52. The molecule has 0 atom stereocenters. The molecule has 30 heavy (non-hydrogen) atoms. The van der Waals surface area contributed by atoms with Gasteiger partial charge in [-0.3, -0.25) is 0 Å². The van der Waals surface area contributed by atoms with Crippen LogP contribution in [0.25, 0.3) is 16.7 Å². The van der Waals surface area contributed by atoms with Crippen LogP contribution in [0.4, 0.5) is 0 Å². The van der Waals surface area contributed by atoms with E-state index in [-0.39, 0.29) is 0 Å². The quantitative estimate of drug-likeness (QED) is 0.475. The lowest BCUT2D eigenvalue weighted by atomic mass is 9.77. The van der Waals surface area contributed by atoms with E-state index in [9.17, 15) is 0 Å². The van der Waals surface area contributed by atoms with Crippen molar-refractivity contribution in [3.05, 3.63) is 78.5 Å². The van der Waals surface area contributed by atoms with E-state index in [1.54, 1.807) is 0 Å². The summed E-state index contributed by atoms with van der Waals surface area (Å²) in [6, 6.07) is 18.1. The minimum absolute atomic E-state index is 0.726. The lowest BCUT2D eigenvalue weighted by Crippen LogP contribution is -2.30. The molecule has 2 aromatic carbocycles. The molecule has 0 spiro atoms. The molecule has 0 amide bonds. The van der Waals surface area contributed by atoms with Gasteiger partial charge in [-0.05, 0) is 92.4 Å². The zero-order chi connectivity index (χ0) is 20.9. The monoisotopic (exact) mass is 399 g/mol. The molecule has 0 N–H and O–H groups in total. The van der Waals surface area contributed by atoms with E-state index in [1.165, 1.54) is 92.4 Å². The number of rotatable bonds is 6. The minimum atomic E-state index is 0.726. The van der Waals surface area contributed by atoms with Crippen LogP contribution in [0.1, 0.15) is 75.3 Å². The number of allylic oxidation sites excluding steroid dienone is 2. The van der Waals surface area contributed by atoms with Gasteiger partial charge in [0.25, 0.3) is 0 Å². The Bertz CT molecular complexity index is 844. The molecule has 1 aliphatic heterocycles. The second kappa shape index (κ2) is 9.69. The van der Waals surface area contributed by atoms with Gasteiger partial charge in [0.1, 0.15) is 0 Å². The van der Waals surface area contributed by atoms with Crippen molar-refractivity contribution in [1.29, 1.82) is 0 Å². The van der Waals surface area contributed by atoms with E-state index in [2.05, 4.69) is 73.5 Å². The Morgan fingerprint density at radius 3 is 1.93 bits per heavy atom. The van der Waals surface area contributed by atoms with Gasteiger partial charge in [0, 0.05) is 18.8 Å². The Kier molecular flexibility index (Phi) is 6.77. The molecule has 1 saturated heterocycles. The molecule has 1 heterocycles. The number of hydrogen-bond donors (Lipinski definition) is 0. The van der Waals surface area contributed by atoms with Crippen molar-refractivity contribution in [2.75, 3.05) is 13.1 Å². The van der Waals surface area contributed by atoms with Crippen molar-refractivity contribution < 1.29 is 0 Å². The molecule has 0 unspecified atom stereocenters. The first-order chi connectivity index (χ1) is 14.6. The second-order valence-corrected chi connectivity index (χ2v) is 9.52. The highest BCUT2D eigenvalue weighted by atomic mass is 15.1. The van der Waals surface area contributed by atoms with E-state index in [4.69, 9.17) is 0 Å². The molecule has 2 fully saturated rings. The molecule has 2 aromatic rings. The zero-order valence-electron chi connectivity index (χ0n) is 18.7. The molecular weight excluding hydrogens is 362 g/mol. The van der Waals surface area contributed by atoms with Gasteiger partial charge in [-0.25, -0.2) is 0 Å². The molecule has 0 bridgehead atoms. The van der Waals surface area contributed by atoms with Crippen LogP contribution in [0, 0.1) is 5.92 Å². The number of nitrogens with zero attached hydrogens (tertiary/aromatic N) is 1. The molecule has 1 nitrogen and oxygen atoms in total. The summed E-state index contributed by atoms with van der Waals surface area (Å²) >= 11 is 0. The fourth-order valence-electron chi connectivity index (χ4n) is 5.27. The molecule has 1 heteroatoms. The highest BCUT2D eigenvalue weighted by molar-refractivity contribution is 5.68. The zero-order valence-corrected chi connectivity index (χ0v) is 18.7. The van der Waals surface area contributed by atoms with Crippen LogP contribution in [0.5, 0.6) is 0 Å². The molecular formula is C29H37N. The number of likely N-dealkylation sites (tertiary alicyclic amines) is 1. The average molecular weight is 400 g/mol. The van der Waals surface area contributed by atoms with Crippen LogP contribution in [0.3, 0.4) is 0 Å². The Balaban J connectivity index is 1.30. The van der Waals surface area contributed by atoms with Crippen molar-refractivity contribution in [3.8, 4) is 11.1 Å². The molecule has 1 aliphatic carbocycles. The average Bonchev–Trinajstić information content (AvgIpc) is 2.80. The summed E-state index contributed by atoms with van der Waals surface area (Å²) in [6.07, 6.45) is 10.7. The maximum Gasteiger partial charge on any atom is 0.0174 e. The van der Waals surface area contributed by atoms with Gasteiger partial charge < -0.3 is 4.90 Å². The number of benzene rings is 2. The lowest BCUT2D eigenvalue weighted by molar-refractivity contribution is 0.247. The number of hydrogen-bond acceptors (Lipinski definition) is 1. The fraction of sp³-hybridized carbons (Fsp3) is 0.448. The van der Waals surface area contributed by atoms with E-state index < -0.39 is 0 Å². The van der Waals surface area contributed by atoms with Gasteiger partial charge in [-0.2, -0.15) is 0 Å². The van der Waals surface area contributed by atoms with Gasteiger partial charge in [-0.1, -0.05) is 67.3 Å². The van der Waals surface area contributed by atoms with Crippen LogP contribution in [-0.4, -0.2) is 18.0 Å². The first kappa shape index (κ1) is 21.0. The summed E-state index contributed by atoms with van der Waals surface area (Å²) in [6.45, 7) is 13.0. The van der Waals surface area contributed by atoms with Crippen molar-refractivity contribution >= 4 is 5.57 Å². The first-order valence-corrected chi connectivity index (χ1v) is 11.9. The summed E-state index contributed by atoms with van der Waals surface area (Å²) in [7, 11) is 0. The third-order valence-electron chi connectivity index (χ3n) is 7.27. The van der Waals surface area contributed by atoms with Gasteiger partial charge in [0.2, 0.25) is 0 Å². The van der Waals surface area contributed by atoms with E-state index in [0.29, 0.717) is 0 Å². The largest absolute Gasteiger partial charge is 0.375 e. The Hall–Kier alpha value is -2.28. The van der Waals surface area contributed by atoms with Crippen LogP contribution < -0.4 is 0 Å². The van der Waals surface area contributed by atoms with Crippen molar-refractivity contribution in [3.63, 3.8) is 0 Å². The van der Waals surface area contributed by atoms with Crippen LogP contribution in [0.2, 0.25) is 0 Å². The Labute approximate surface area is 183 Å². The Morgan fingerprint density at radius 1 is 0.800 bits per heavy atom. The van der Waals surface area contributed by atoms with Gasteiger partial charge in [-0.15, -0.1) is 0 Å². The van der Waals surface area contributed by atoms with E-state index >= 15 is 0 Å². The number of piperidine rings is 1. The third kappa shape index (κ3) is 5.06. The van der Waals surface area contributed by atoms with E-state index in [0.717, 1.165) is 17.4 Å². The molecule has 0 radical (unpaired) electrons. The summed E-state index contributed by atoms with van der Waals surface area (Å²) in [5.74, 6) is 1.56. The lowest BCUT2D eigenvalue weighted by Gasteiger charge is -2.34. The highest BCUT2D eigenvalue weighted by Gasteiger charge is 2.24. The summed E-state index contributed by atoms with van der Waals surface area (Å²) < 4.78 is 0.